The Balaban J connectivity index is 2.53. The fourth-order valence-corrected chi connectivity index (χ4v) is 2.13. The average Bonchev–Trinajstić information content (AvgIpc) is 2.14. The molecule has 1 aliphatic heterocycles. The average molecular weight is 212 g/mol. The molecule has 0 atom stereocenters. The highest BCUT2D eigenvalue weighted by atomic mass is 32.2. The molecule has 1 N–H and O–H groups in total. The number of hydrogen-bond donors (Lipinski definition) is 1. The Bertz CT molecular complexity index is 315. The zero-order chi connectivity index (χ0) is 10.6. The zero-order valence-electron chi connectivity index (χ0n) is 7.95. The van der Waals surface area contributed by atoms with Crippen molar-refractivity contribution in [3.05, 3.63) is 22.6 Å². The molecule has 1 aliphatic rings. The summed E-state index contributed by atoms with van der Waals surface area (Å²) in [5, 5.41) is 8.42. The van der Waals surface area contributed by atoms with Gasteiger partial charge in [-0.3, -0.25) is 9.59 Å². The van der Waals surface area contributed by atoms with Crippen molar-refractivity contribution >= 4 is 23.5 Å². The fraction of sp³-hybridized carbons (Fsp3) is 0.400. The lowest BCUT2D eigenvalue weighted by Gasteiger charge is -2.09. The summed E-state index contributed by atoms with van der Waals surface area (Å²) in [6, 6.07) is 0. The van der Waals surface area contributed by atoms with Crippen LogP contribution in [-0.4, -0.2) is 22.6 Å². The van der Waals surface area contributed by atoms with E-state index in [1.165, 1.54) is 11.8 Å². The molecule has 0 saturated heterocycles. The van der Waals surface area contributed by atoms with Crippen molar-refractivity contribution in [2.45, 2.75) is 19.8 Å². The molecule has 0 unspecified atom stereocenters. The number of hydrogen-bond acceptors (Lipinski definition) is 3. The molecule has 3 nitrogen and oxygen atoms in total. The van der Waals surface area contributed by atoms with Crippen LogP contribution < -0.4 is 0 Å². The van der Waals surface area contributed by atoms with Crippen molar-refractivity contribution in [2.75, 3.05) is 5.75 Å². The van der Waals surface area contributed by atoms with E-state index < -0.39 is 5.97 Å². The van der Waals surface area contributed by atoms with E-state index in [-0.39, 0.29) is 18.6 Å². The third-order valence-corrected chi connectivity index (χ3v) is 2.83. The van der Waals surface area contributed by atoms with E-state index in [0.29, 0.717) is 4.91 Å². The standard InChI is InChI=1S/C10H12O3S/c1-7-4-5-14-9(6-7)8(11)2-3-10(12)13/h4,6H,2-3,5H2,1H3,(H,12,13). The minimum atomic E-state index is -0.924. The number of ketones is 1. The Kier molecular flexibility index (Phi) is 3.95. The third kappa shape index (κ3) is 3.38. The summed E-state index contributed by atoms with van der Waals surface area (Å²) in [6.07, 6.45) is 3.87. The number of aliphatic carboxylic acids is 1. The molecule has 0 radical (unpaired) electrons. The SMILES string of the molecule is CC1=CCSC(C(=O)CCC(=O)O)=C1. The maximum Gasteiger partial charge on any atom is 0.303 e. The van der Waals surface area contributed by atoms with Crippen LogP contribution in [0.4, 0.5) is 0 Å². The van der Waals surface area contributed by atoms with Crippen LogP contribution in [0.2, 0.25) is 0 Å². The van der Waals surface area contributed by atoms with E-state index >= 15 is 0 Å². The Labute approximate surface area is 86.9 Å². The summed E-state index contributed by atoms with van der Waals surface area (Å²) in [7, 11) is 0. The van der Waals surface area contributed by atoms with Gasteiger partial charge in [0, 0.05) is 12.2 Å². The lowest BCUT2D eigenvalue weighted by molar-refractivity contribution is -0.138. The molecule has 0 amide bonds. The lowest BCUT2D eigenvalue weighted by Crippen LogP contribution is -2.06. The van der Waals surface area contributed by atoms with E-state index in [9.17, 15) is 9.59 Å². The molecule has 0 aliphatic carbocycles. The van der Waals surface area contributed by atoms with E-state index in [2.05, 4.69) is 0 Å². The number of carbonyl (C=O) groups is 2. The first-order chi connectivity index (χ1) is 6.59. The van der Waals surface area contributed by atoms with Crippen LogP contribution in [0.25, 0.3) is 0 Å². The van der Waals surface area contributed by atoms with Crippen LogP contribution in [0.5, 0.6) is 0 Å². The second-order valence-corrected chi connectivity index (χ2v) is 4.15. The van der Waals surface area contributed by atoms with Crippen LogP contribution in [0.1, 0.15) is 19.8 Å². The normalized spacial score (nSPS) is 15.8. The van der Waals surface area contributed by atoms with Crippen LogP contribution in [0, 0.1) is 0 Å². The van der Waals surface area contributed by atoms with Gasteiger partial charge in [0.15, 0.2) is 5.78 Å². The van der Waals surface area contributed by atoms with Gasteiger partial charge in [-0.1, -0.05) is 11.6 Å². The van der Waals surface area contributed by atoms with Crippen molar-refractivity contribution in [3.8, 4) is 0 Å². The zero-order valence-corrected chi connectivity index (χ0v) is 8.76. The number of thioether (sulfide) groups is 1. The molecule has 0 aromatic carbocycles. The van der Waals surface area contributed by atoms with Crippen molar-refractivity contribution in [3.63, 3.8) is 0 Å². The van der Waals surface area contributed by atoms with Gasteiger partial charge in [0.05, 0.1) is 11.3 Å². The van der Waals surface area contributed by atoms with Crippen molar-refractivity contribution < 1.29 is 14.7 Å². The summed E-state index contributed by atoms with van der Waals surface area (Å²) < 4.78 is 0. The van der Waals surface area contributed by atoms with Crippen LogP contribution in [0.15, 0.2) is 22.6 Å². The summed E-state index contributed by atoms with van der Waals surface area (Å²) in [5.41, 5.74) is 1.07. The molecule has 76 valence electrons. The maximum atomic E-state index is 11.5. The Morgan fingerprint density at radius 2 is 2.21 bits per heavy atom. The highest BCUT2D eigenvalue weighted by Gasteiger charge is 2.13. The first kappa shape index (κ1) is 11.0. The van der Waals surface area contributed by atoms with Gasteiger partial charge < -0.3 is 5.11 Å². The maximum absolute atomic E-state index is 11.5. The first-order valence-corrected chi connectivity index (χ1v) is 5.34. The highest BCUT2D eigenvalue weighted by Crippen LogP contribution is 2.25. The highest BCUT2D eigenvalue weighted by molar-refractivity contribution is 8.04. The van der Waals surface area contributed by atoms with Crippen molar-refractivity contribution in [1.82, 2.24) is 0 Å². The fourth-order valence-electron chi connectivity index (χ4n) is 1.07. The molecular weight excluding hydrogens is 200 g/mol. The van der Waals surface area contributed by atoms with E-state index in [4.69, 9.17) is 5.11 Å². The number of carbonyl (C=O) groups excluding carboxylic acids is 1. The second kappa shape index (κ2) is 5.00. The van der Waals surface area contributed by atoms with Crippen molar-refractivity contribution in [1.29, 1.82) is 0 Å². The molecule has 0 bridgehead atoms. The smallest absolute Gasteiger partial charge is 0.303 e. The molecule has 0 spiro atoms. The molecule has 4 heteroatoms. The molecule has 0 saturated carbocycles. The monoisotopic (exact) mass is 212 g/mol. The van der Waals surface area contributed by atoms with Crippen molar-refractivity contribution in [2.24, 2.45) is 0 Å². The van der Waals surface area contributed by atoms with Gasteiger partial charge in [-0.05, 0) is 13.0 Å². The number of carboxylic acids is 1. The van der Waals surface area contributed by atoms with Gasteiger partial charge in [0.1, 0.15) is 0 Å². The molecule has 0 fully saturated rings. The number of rotatable bonds is 4. The quantitative estimate of drug-likeness (QED) is 0.774. The number of Topliss-reactive ketones (excluding diaryl/α,β-unsaturated/α-hetero) is 1. The van der Waals surface area contributed by atoms with E-state index in [0.717, 1.165) is 11.3 Å². The van der Waals surface area contributed by atoms with E-state index in [1.54, 1.807) is 0 Å². The number of carboxylic acid groups (broad SMARTS) is 1. The molecule has 0 aromatic heterocycles. The van der Waals surface area contributed by atoms with Gasteiger partial charge in [-0.15, -0.1) is 11.8 Å². The predicted molar refractivity (Wildman–Crippen MR) is 56.2 cm³/mol. The van der Waals surface area contributed by atoms with Gasteiger partial charge in [-0.25, -0.2) is 0 Å². The van der Waals surface area contributed by atoms with Crippen LogP contribution in [0.3, 0.4) is 0 Å². The summed E-state index contributed by atoms with van der Waals surface area (Å²) in [4.78, 5) is 22.4. The summed E-state index contributed by atoms with van der Waals surface area (Å²) in [5.74, 6) is -0.187. The summed E-state index contributed by atoms with van der Waals surface area (Å²) >= 11 is 1.47. The molecule has 1 heterocycles. The largest absolute Gasteiger partial charge is 0.481 e. The second-order valence-electron chi connectivity index (χ2n) is 3.08. The molecular formula is C10H12O3S. The van der Waals surface area contributed by atoms with E-state index in [1.807, 2.05) is 19.1 Å². The molecule has 14 heavy (non-hydrogen) atoms. The lowest BCUT2D eigenvalue weighted by atomic mass is 10.1. The van der Waals surface area contributed by atoms with Gasteiger partial charge in [0.25, 0.3) is 0 Å². The predicted octanol–water partition coefficient (Wildman–Crippen LogP) is 2.00. The third-order valence-electron chi connectivity index (χ3n) is 1.84. The Morgan fingerprint density at radius 1 is 1.50 bits per heavy atom. The first-order valence-electron chi connectivity index (χ1n) is 4.36. The minimum Gasteiger partial charge on any atom is -0.481 e. The van der Waals surface area contributed by atoms with Crippen LogP contribution in [-0.2, 0) is 9.59 Å². The molecule has 1 rings (SSSR count). The van der Waals surface area contributed by atoms with Gasteiger partial charge in [0.2, 0.25) is 0 Å². The number of allylic oxidation sites excluding steroid dienone is 3. The van der Waals surface area contributed by atoms with Gasteiger partial charge >= 0.3 is 5.97 Å². The summed E-state index contributed by atoms with van der Waals surface area (Å²) in [6.45, 7) is 1.93. The van der Waals surface area contributed by atoms with Crippen LogP contribution >= 0.6 is 11.8 Å². The Morgan fingerprint density at radius 3 is 2.79 bits per heavy atom. The Hall–Kier alpha value is -1.03. The topological polar surface area (TPSA) is 54.4 Å². The minimum absolute atomic E-state index is 0.0650. The van der Waals surface area contributed by atoms with Gasteiger partial charge in [-0.2, -0.15) is 0 Å². The molecule has 0 aromatic rings.